The number of anilines is 2. The number of hydrogen-bond acceptors (Lipinski definition) is 6. The molecule has 2 N–H and O–H groups in total. The SMILES string of the molecule is CN(C)CCCNc1nncc(NCCc2cccc(Cl)c2)n1. The summed E-state index contributed by atoms with van der Waals surface area (Å²) in [4.78, 5) is 6.55. The molecule has 23 heavy (non-hydrogen) atoms. The summed E-state index contributed by atoms with van der Waals surface area (Å²) in [5.74, 6) is 1.27. The number of benzene rings is 1. The Kier molecular flexibility index (Phi) is 7.03. The Morgan fingerprint density at radius 2 is 2.04 bits per heavy atom. The van der Waals surface area contributed by atoms with Crippen molar-refractivity contribution in [1.29, 1.82) is 0 Å². The van der Waals surface area contributed by atoms with E-state index in [0.29, 0.717) is 5.95 Å². The molecule has 0 aliphatic rings. The van der Waals surface area contributed by atoms with Gasteiger partial charge in [0.2, 0.25) is 5.95 Å². The van der Waals surface area contributed by atoms with Gasteiger partial charge in [-0.3, -0.25) is 0 Å². The first-order valence-electron chi connectivity index (χ1n) is 7.70. The molecule has 2 aromatic rings. The summed E-state index contributed by atoms with van der Waals surface area (Å²) in [6.45, 7) is 2.61. The second-order valence-corrected chi connectivity index (χ2v) is 5.99. The van der Waals surface area contributed by atoms with Crippen molar-refractivity contribution in [2.75, 3.05) is 44.4 Å². The molecule has 0 radical (unpaired) electrons. The first-order chi connectivity index (χ1) is 11.1. The lowest BCUT2D eigenvalue weighted by molar-refractivity contribution is 0.405. The molecule has 0 unspecified atom stereocenters. The maximum absolute atomic E-state index is 5.98. The van der Waals surface area contributed by atoms with E-state index in [9.17, 15) is 0 Å². The molecule has 1 heterocycles. The average molecular weight is 335 g/mol. The van der Waals surface area contributed by atoms with E-state index in [-0.39, 0.29) is 0 Å². The van der Waals surface area contributed by atoms with E-state index in [2.05, 4.69) is 50.9 Å². The van der Waals surface area contributed by atoms with Crippen LogP contribution in [-0.4, -0.2) is 53.8 Å². The van der Waals surface area contributed by atoms with Gasteiger partial charge in [0.25, 0.3) is 0 Å². The van der Waals surface area contributed by atoms with E-state index in [1.54, 1.807) is 6.20 Å². The zero-order valence-corrected chi connectivity index (χ0v) is 14.3. The van der Waals surface area contributed by atoms with Gasteiger partial charge in [-0.05, 0) is 51.2 Å². The summed E-state index contributed by atoms with van der Waals surface area (Å²) in [5.41, 5.74) is 1.19. The highest BCUT2D eigenvalue weighted by Crippen LogP contribution is 2.11. The third kappa shape index (κ3) is 6.80. The fourth-order valence-electron chi connectivity index (χ4n) is 2.09. The largest absolute Gasteiger partial charge is 0.368 e. The second kappa shape index (κ2) is 9.27. The number of nitrogens with zero attached hydrogens (tertiary/aromatic N) is 4. The van der Waals surface area contributed by atoms with Gasteiger partial charge in [0, 0.05) is 18.1 Å². The summed E-state index contributed by atoms with van der Waals surface area (Å²) in [6.07, 6.45) is 3.53. The summed E-state index contributed by atoms with van der Waals surface area (Å²) in [6, 6.07) is 7.86. The summed E-state index contributed by atoms with van der Waals surface area (Å²) < 4.78 is 0. The van der Waals surface area contributed by atoms with E-state index in [0.717, 1.165) is 43.3 Å². The lowest BCUT2D eigenvalue weighted by atomic mass is 10.1. The summed E-state index contributed by atoms with van der Waals surface area (Å²) >= 11 is 5.98. The molecule has 0 fully saturated rings. The van der Waals surface area contributed by atoms with Crippen LogP contribution >= 0.6 is 11.6 Å². The van der Waals surface area contributed by atoms with Crippen LogP contribution in [0.1, 0.15) is 12.0 Å². The van der Waals surface area contributed by atoms with Crippen LogP contribution in [0, 0.1) is 0 Å². The Morgan fingerprint density at radius 3 is 2.83 bits per heavy atom. The molecule has 0 bridgehead atoms. The third-order valence-corrected chi connectivity index (χ3v) is 3.47. The fraction of sp³-hybridized carbons (Fsp3) is 0.438. The molecule has 1 aromatic carbocycles. The van der Waals surface area contributed by atoms with E-state index in [4.69, 9.17) is 11.6 Å². The van der Waals surface area contributed by atoms with Gasteiger partial charge < -0.3 is 15.5 Å². The Bertz CT molecular complexity index is 605. The van der Waals surface area contributed by atoms with Gasteiger partial charge in [-0.1, -0.05) is 23.7 Å². The van der Waals surface area contributed by atoms with Crippen molar-refractivity contribution in [3.05, 3.63) is 41.0 Å². The van der Waals surface area contributed by atoms with Crippen LogP contribution in [0.25, 0.3) is 0 Å². The maximum atomic E-state index is 5.98. The zero-order chi connectivity index (χ0) is 16.5. The van der Waals surface area contributed by atoms with Gasteiger partial charge in [-0.15, -0.1) is 5.10 Å². The van der Waals surface area contributed by atoms with Gasteiger partial charge in [0.15, 0.2) is 5.82 Å². The van der Waals surface area contributed by atoms with E-state index in [1.807, 2.05) is 18.2 Å². The molecule has 0 spiro atoms. The fourth-order valence-corrected chi connectivity index (χ4v) is 2.30. The van der Waals surface area contributed by atoms with E-state index in [1.165, 1.54) is 5.56 Å². The van der Waals surface area contributed by atoms with Crippen molar-refractivity contribution < 1.29 is 0 Å². The number of rotatable bonds is 9. The normalized spacial score (nSPS) is 10.8. The summed E-state index contributed by atoms with van der Waals surface area (Å²) in [5, 5.41) is 15.2. The quantitative estimate of drug-likeness (QED) is 0.687. The average Bonchev–Trinajstić information content (AvgIpc) is 2.52. The molecular formula is C16H23ClN6. The third-order valence-electron chi connectivity index (χ3n) is 3.23. The highest BCUT2D eigenvalue weighted by molar-refractivity contribution is 6.30. The minimum Gasteiger partial charge on any atom is -0.368 e. The Hall–Kier alpha value is -1.92. The van der Waals surface area contributed by atoms with Crippen LogP contribution in [0.4, 0.5) is 11.8 Å². The lowest BCUT2D eigenvalue weighted by Crippen LogP contribution is -2.17. The molecule has 124 valence electrons. The van der Waals surface area contributed by atoms with Gasteiger partial charge in [0.1, 0.15) is 0 Å². The molecule has 1 aromatic heterocycles. The van der Waals surface area contributed by atoms with Crippen molar-refractivity contribution in [2.24, 2.45) is 0 Å². The number of nitrogens with one attached hydrogen (secondary N) is 2. The first kappa shape index (κ1) is 17.4. The van der Waals surface area contributed by atoms with Gasteiger partial charge in [-0.25, -0.2) is 0 Å². The smallest absolute Gasteiger partial charge is 0.244 e. The van der Waals surface area contributed by atoms with Crippen LogP contribution in [0.2, 0.25) is 5.02 Å². The Balaban J connectivity index is 1.76. The second-order valence-electron chi connectivity index (χ2n) is 5.56. The standard InChI is InChI=1S/C16H23ClN6/c1-23(2)10-4-8-19-16-21-15(12-20-22-16)18-9-7-13-5-3-6-14(17)11-13/h3,5-6,11-12H,4,7-10H2,1-2H3,(H2,18,19,21,22). The number of halogens is 1. The zero-order valence-electron chi connectivity index (χ0n) is 13.6. The van der Waals surface area contributed by atoms with Gasteiger partial charge in [-0.2, -0.15) is 10.1 Å². The van der Waals surface area contributed by atoms with Crippen molar-refractivity contribution in [2.45, 2.75) is 12.8 Å². The van der Waals surface area contributed by atoms with Crippen LogP contribution in [0.15, 0.2) is 30.5 Å². The maximum Gasteiger partial charge on any atom is 0.244 e. The van der Waals surface area contributed by atoms with Crippen molar-refractivity contribution in [3.63, 3.8) is 0 Å². The highest BCUT2D eigenvalue weighted by Gasteiger charge is 2.01. The predicted molar refractivity (Wildman–Crippen MR) is 95.1 cm³/mol. The monoisotopic (exact) mass is 334 g/mol. The van der Waals surface area contributed by atoms with Crippen LogP contribution in [0.3, 0.4) is 0 Å². The lowest BCUT2D eigenvalue weighted by Gasteiger charge is -2.10. The molecule has 0 saturated heterocycles. The van der Waals surface area contributed by atoms with Gasteiger partial charge >= 0.3 is 0 Å². The Labute approximate surface area is 142 Å². The molecule has 0 aliphatic heterocycles. The molecule has 2 rings (SSSR count). The van der Waals surface area contributed by atoms with E-state index < -0.39 is 0 Å². The van der Waals surface area contributed by atoms with Crippen LogP contribution < -0.4 is 10.6 Å². The van der Waals surface area contributed by atoms with Crippen molar-refractivity contribution in [1.82, 2.24) is 20.1 Å². The molecule has 0 aliphatic carbocycles. The summed E-state index contributed by atoms with van der Waals surface area (Å²) in [7, 11) is 4.12. The molecule has 0 saturated carbocycles. The first-order valence-corrected chi connectivity index (χ1v) is 8.08. The molecule has 0 atom stereocenters. The predicted octanol–water partition coefficient (Wildman–Crippen LogP) is 2.54. The molecule has 0 amide bonds. The van der Waals surface area contributed by atoms with Crippen molar-refractivity contribution in [3.8, 4) is 0 Å². The van der Waals surface area contributed by atoms with Crippen molar-refractivity contribution >= 4 is 23.4 Å². The minimum absolute atomic E-state index is 0.552. The highest BCUT2D eigenvalue weighted by atomic mass is 35.5. The molecule has 6 nitrogen and oxygen atoms in total. The molecule has 7 heteroatoms. The minimum atomic E-state index is 0.552. The number of hydrogen-bond donors (Lipinski definition) is 2. The van der Waals surface area contributed by atoms with Gasteiger partial charge in [0.05, 0.1) is 6.20 Å². The Morgan fingerprint density at radius 1 is 1.17 bits per heavy atom. The number of aromatic nitrogens is 3. The topological polar surface area (TPSA) is 66.0 Å². The molecular weight excluding hydrogens is 312 g/mol. The van der Waals surface area contributed by atoms with Crippen LogP contribution in [-0.2, 0) is 6.42 Å². The van der Waals surface area contributed by atoms with E-state index >= 15 is 0 Å². The van der Waals surface area contributed by atoms with Crippen LogP contribution in [0.5, 0.6) is 0 Å².